The number of esters is 3. The number of benzene rings is 2. The van der Waals surface area contributed by atoms with Gasteiger partial charge in [-0.3, -0.25) is 18.9 Å². The minimum absolute atomic E-state index is 0.0977. The van der Waals surface area contributed by atoms with Crippen molar-refractivity contribution in [2.45, 2.75) is 71.2 Å². The Balaban J connectivity index is 2.00. The Morgan fingerprint density at radius 1 is 0.703 bits per heavy atom. The highest BCUT2D eigenvalue weighted by Crippen LogP contribution is 2.58. The molecule has 0 spiro atoms. The molecule has 1 aliphatic rings. The third-order valence-electron chi connectivity index (χ3n) is 5.47. The highest BCUT2D eigenvalue weighted by atomic mass is 31.2. The lowest BCUT2D eigenvalue weighted by Crippen LogP contribution is -2.60. The van der Waals surface area contributed by atoms with Gasteiger partial charge in [0.25, 0.3) is 0 Å². The molecule has 0 amide bonds. The molecule has 10 nitrogen and oxygen atoms in total. The highest BCUT2D eigenvalue weighted by molar-refractivity contribution is 7.54. The van der Waals surface area contributed by atoms with Gasteiger partial charge in [-0.25, -0.2) is 0 Å². The summed E-state index contributed by atoms with van der Waals surface area (Å²) in [6, 6.07) is 18.0. The Bertz CT molecular complexity index is 1060. The molecule has 0 aromatic heterocycles. The molecule has 1 fully saturated rings. The van der Waals surface area contributed by atoms with Gasteiger partial charge >= 0.3 is 25.5 Å². The molecule has 1 aliphatic heterocycles. The molecule has 3 rings (SSSR count). The van der Waals surface area contributed by atoms with Crippen LogP contribution in [0.15, 0.2) is 60.7 Å². The van der Waals surface area contributed by atoms with Crippen molar-refractivity contribution in [3.63, 3.8) is 0 Å². The monoisotopic (exact) mass is 534 g/mol. The molecule has 1 saturated heterocycles. The van der Waals surface area contributed by atoms with Crippen LogP contribution >= 0.6 is 7.60 Å². The van der Waals surface area contributed by atoms with Crippen LogP contribution in [0, 0.1) is 0 Å². The van der Waals surface area contributed by atoms with Gasteiger partial charge in [-0.2, -0.15) is 0 Å². The topological polar surface area (TPSA) is 124 Å². The molecule has 0 aliphatic carbocycles. The molecular formula is C26H31O10P. The van der Waals surface area contributed by atoms with Gasteiger partial charge in [0.15, 0.2) is 24.2 Å². The molecule has 200 valence electrons. The molecule has 5 unspecified atom stereocenters. The standard InChI is InChI=1S/C26H31O10P/c1-17-23(34-18(2)27)24(35-19(3)28)25(36-20(4)29)26(33-17)37(30,31-15-21-11-7-5-8-12-21)32-16-22-13-9-6-10-14-22/h5-14,17,23-26H,15-16H2,1-4H3. The number of ether oxygens (including phenoxy) is 4. The summed E-state index contributed by atoms with van der Waals surface area (Å²) >= 11 is 0. The minimum atomic E-state index is -4.25. The molecule has 1 heterocycles. The fourth-order valence-corrected chi connectivity index (χ4v) is 5.86. The first-order chi connectivity index (χ1) is 17.6. The van der Waals surface area contributed by atoms with Gasteiger partial charge in [-0.1, -0.05) is 60.7 Å². The summed E-state index contributed by atoms with van der Waals surface area (Å²) in [5.74, 6) is -3.64. The van der Waals surface area contributed by atoms with Crippen LogP contribution in [-0.4, -0.2) is 48.2 Å². The van der Waals surface area contributed by atoms with E-state index >= 15 is 0 Å². The molecule has 0 radical (unpaired) electrons. The maximum absolute atomic E-state index is 14.4. The predicted octanol–water partition coefficient (Wildman–Crippen LogP) is 4.15. The van der Waals surface area contributed by atoms with Gasteiger partial charge in [-0.15, -0.1) is 0 Å². The average Bonchev–Trinajstić information content (AvgIpc) is 2.86. The number of carbonyl (C=O) groups excluding carboxylic acids is 3. The van der Waals surface area contributed by atoms with Crippen LogP contribution in [0.25, 0.3) is 0 Å². The number of rotatable bonds is 10. The Labute approximate surface area is 215 Å². The summed E-state index contributed by atoms with van der Waals surface area (Å²) in [7, 11) is -4.25. The normalized spacial score (nSPS) is 23.6. The fraction of sp³-hybridized carbons (Fsp3) is 0.423. The van der Waals surface area contributed by atoms with Gasteiger partial charge in [0.05, 0.1) is 19.3 Å². The van der Waals surface area contributed by atoms with E-state index in [1.165, 1.54) is 6.92 Å². The second kappa shape index (κ2) is 13.0. The van der Waals surface area contributed by atoms with Gasteiger partial charge < -0.3 is 28.0 Å². The van der Waals surface area contributed by atoms with Crippen molar-refractivity contribution in [3.8, 4) is 0 Å². The van der Waals surface area contributed by atoms with Crippen molar-refractivity contribution < 1.29 is 46.9 Å². The van der Waals surface area contributed by atoms with Crippen molar-refractivity contribution in [2.75, 3.05) is 0 Å². The Morgan fingerprint density at radius 3 is 1.54 bits per heavy atom. The van der Waals surface area contributed by atoms with Gasteiger partial charge in [-0.05, 0) is 18.1 Å². The second-order valence-corrected chi connectivity index (χ2v) is 10.6. The third kappa shape index (κ3) is 7.97. The van der Waals surface area contributed by atoms with Gasteiger partial charge in [0.2, 0.25) is 0 Å². The smallest absolute Gasteiger partial charge is 0.363 e. The van der Waals surface area contributed by atoms with Gasteiger partial charge in [0, 0.05) is 20.8 Å². The first-order valence-corrected chi connectivity index (χ1v) is 13.3. The van der Waals surface area contributed by atoms with Crippen LogP contribution in [0.2, 0.25) is 0 Å². The lowest BCUT2D eigenvalue weighted by Gasteiger charge is -2.45. The SMILES string of the molecule is CC(=O)OC1C(C)OC(P(=O)(OCc2ccccc2)OCc2ccccc2)C(OC(C)=O)C1OC(C)=O. The van der Waals surface area contributed by atoms with E-state index in [1.807, 2.05) is 12.1 Å². The molecule has 2 aromatic rings. The van der Waals surface area contributed by atoms with Crippen molar-refractivity contribution in [1.82, 2.24) is 0 Å². The molecule has 37 heavy (non-hydrogen) atoms. The van der Waals surface area contributed by atoms with Crippen LogP contribution in [-0.2, 0) is 60.2 Å². The molecule has 0 bridgehead atoms. The lowest BCUT2D eigenvalue weighted by molar-refractivity contribution is -0.233. The molecule has 5 atom stereocenters. The average molecular weight is 534 g/mol. The zero-order valence-electron chi connectivity index (χ0n) is 21.1. The fourth-order valence-electron chi connectivity index (χ4n) is 3.90. The van der Waals surface area contributed by atoms with Crippen LogP contribution in [0.4, 0.5) is 0 Å². The van der Waals surface area contributed by atoms with Crippen LogP contribution < -0.4 is 0 Å². The van der Waals surface area contributed by atoms with Gasteiger partial charge in [0.1, 0.15) is 0 Å². The maximum Gasteiger partial charge on any atom is 0.363 e. The number of carbonyl (C=O) groups is 3. The molecule has 11 heteroatoms. The van der Waals surface area contributed by atoms with E-state index in [-0.39, 0.29) is 13.2 Å². The van der Waals surface area contributed by atoms with E-state index in [0.29, 0.717) is 11.1 Å². The zero-order valence-corrected chi connectivity index (χ0v) is 22.0. The largest absolute Gasteiger partial charge is 0.456 e. The van der Waals surface area contributed by atoms with E-state index in [4.69, 9.17) is 28.0 Å². The van der Waals surface area contributed by atoms with E-state index in [1.54, 1.807) is 55.5 Å². The van der Waals surface area contributed by atoms with Crippen LogP contribution in [0.3, 0.4) is 0 Å². The van der Waals surface area contributed by atoms with E-state index < -0.39 is 55.8 Å². The predicted molar refractivity (Wildman–Crippen MR) is 131 cm³/mol. The van der Waals surface area contributed by atoms with Crippen molar-refractivity contribution >= 4 is 25.5 Å². The second-order valence-electron chi connectivity index (χ2n) is 8.51. The quantitative estimate of drug-likeness (QED) is 0.249. The first kappa shape index (κ1) is 28.5. The summed E-state index contributed by atoms with van der Waals surface area (Å²) < 4.78 is 48.4. The van der Waals surface area contributed by atoms with E-state index in [0.717, 1.165) is 13.8 Å². The molecule has 2 aromatic carbocycles. The van der Waals surface area contributed by atoms with Crippen molar-refractivity contribution in [3.05, 3.63) is 71.8 Å². The number of hydrogen-bond donors (Lipinski definition) is 0. The molecule has 0 N–H and O–H groups in total. The summed E-state index contributed by atoms with van der Waals surface area (Å²) in [6.07, 6.45) is -4.84. The van der Waals surface area contributed by atoms with E-state index in [2.05, 4.69) is 0 Å². The Hall–Kier alpha value is -3.04. The summed E-state index contributed by atoms with van der Waals surface area (Å²) in [6.45, 7) is 4.84. The molecular weight excluding hydrogens is 503 g/mol. The molecule has 0 saturated carbocycles. The van der Waals surface area contributed by atoms with E-state index in [9.17, 15) is 18.9 Å². The third-order valence-corrected chi connectivity index (χ3v) is 7.49. The highest BCUT2D eigenvalue weighted by Gasteiger charge is 2.57. The van der Waals surface area contributed by atoms with Crippen molar-refractivity contribution in [1.29, 1.82) is 0 Å². The zero-order chi connectivity index (χ0) is 27.0. The van der Waals surface area contributed by atoms with Crippen LogP contribution in [0.1, 0.15) is 38.8 Å². The van der Waals surface area contributed by atoms with Crippen LogP contribution in [0.5, 0.6) is 0 Å². The van der Waals surface area contributed by atoms with Crippen molar-refractivity contribution in [2.24, 2.45) is 0 Å². The first-order valence-electron chi connectivity index (χ1n) is 11.7. The lowest BCUT2D eigenvalue weighted by atomic mass is 10.00. The Morgan fingerprint density at radius 2 is 1.11 bits per heavy atom. The Kier molecular flexibility index (Phi) is 10.00. The summed E-state index contributed by atoms with van der Waals surface area (Å²) in [5.41, 5.74) is 1.43. The summed E-state index contributed by atoms with van der Waals surface area (Å²) in [4.78, 5) is 35.9. The minimum Gasteiger partial charge on any atom is -0.456 e. The number of hydrogen-bond acceptors (Lipinski definition) is 10. The maximum atomic E-state index is 14.4. The summed E-state index contributed by atoms with van der Waals surface area (Å²) in [5, 5.41) is 0.